The molecule has 2 amide bonds. The van der Waals surface area contributed by atoms with Crippen LogP contribution < -0.4 is 15.4 Å². The molecule has 0 fully saturated rings. The molecule has 0 spiro atoms. The number of amides is 2. The fraction of sp³-hybridized carbons (Fsp3) is 0.444. The van der Waals surface area contributed by atoms with Gasteiger partial charge in [-0.05, 0) is 19.4 Å². The number of hydrogen-bond donors (Lipinski definition) is 2. The van der Waals surface area contributed by atoms with Crippen LogP contribution >= 0.6 is 34.8 Å². The van der Waals surface area contributed by atoms with Crippen LogP contribution in [0.15, 0.2) is 35.5 Å². The first-order chi connectivity index (χ1) is 12.7. The number of ether oxygens (including phenoxy) is 2. The lowest BCUT2D eigenvalue weighted by Gasteiger charge is -2.29. The van der Waals surface area contributed by atoms with Crippen LogP contribution in [-0.2, 0) is 9.53 Å². The van der Waals surface area contributed by atoms with Gasteiger partial charge in [0, 0.05) is 11.3 Å². The average molecular weight is 436 g/mol. The molecule has 148 valence electrons. The van der Waals surface area contributed by atoms with Crippen molar-refractivity contribution in [3.8, 4) is 5.75 Å². The Labute approximate surface area is 173 Å². The number of halogens is 3. The summed E-state index contributed by atoms with van der Waals surface area (Å²) in [6, 6.07) is 6.02. The maximum Gasteiger partial charge on any atom is 0.338 e. The molecule has 1 aliphatic heterocycles. The van der Waals surface area contributed by atoms with Crippen LogP contribution in [0.4, 0.5) is 4.79 Å². The average Bonchev–Trinajstić information content (AvgIpc) is 2.59. The second-order valence-electron chi connectivity index (χ2n) is 6.00. The summed E-state index contributed by atoms with van der Waals surface area (Å²) < 4.78 is 9.22. The molecule has 0 saturated heterocycles. The van der Waals surface area contributed by atoms with E-state index in [1.165, 1.54) is 0 Å². The van der Waals surface area contributed by atoms with E-state index in [-0.39, 0.29) is 5.57 Å². The van der Waals surface area contributed by atoms with Crippen molar-refractivity contribution in [2.45, 2.75) is 36.5 Å². The van der Waals surface area contributed by atoms with E-state index >= 15 is 0 Å². The number of allylic oxidation sites excluding steroid dienone is 1. The Morgan fingerprint density at radius 1 is 1.26 bits per heavy atom. The second-order valence-corrected chi connectivity index (χ2v) is 8.52. The molecule has 1 atom stereocenters. The topological polar surface area (TPSA) is 76.7 Å². The molecule has 6 nitrogen and oxygen atoms in total. The predicted molar refractivity (Wildman–Crippen MR) is 105 cm³/mol. The van der Waals surface area contributed by atoms with Crippen molar-refractivity contribution < 1.29 is 19.1 Å². The molecule has 2 N–H and O–H groups in total. The van der Waals surface area contributed by atoms with Crippen molar-refractivity contribution in [3.63, 3.8) is 0 Å². The molecule has 0 bridgehead atoms. The van der Waals surface area contributed by atoms with E-state index in [1.807, 2.05) is 6.07 Å². The van der Waals surface area contributed by atoms with Crippen molar-refractivity contribution in [3.05, 3.63) is 41.1 Å². The highest BCUT2D eigenvalue weighted by atomic mass is 35.6. The molecule has 1 aromatic rings. The van der Waals surface area contributed by atoms with E-state index in [0.29, 0.717) is 23.6 Å². The van der Waals surface area contributed by atoms with Gasteiger partial charge in [0.1, 0.15) is 12.4 Å². The monoisotopic (exact) mass is 434 g/mol. The van der Waals surface area contributed by atoms with Crippen LogP contribution in [0.5, 0.6) is 5.75 Å². The van der Waals surface area contributed by atoms with E-state index in [4.69, 9.17) is 44.3 Å². The fourth-order valence-electron chi connectivity index (χ4n) is 2.60. The van der Waals surface area contributed by atoms with E-state index in [1.54, 1.807) is 25.1 Å². The molecule has 1 aromatic carbocycles. The molecular weight excluding hydrogens is 415 g/mol. The maximum absolute atomic E-state index is 12.6. The summed E-state index contributed by atoms with van der Waals surface area (Å²) in [6.45, 7) is 3.79. The van der Waals surface area contributed by atoms with Crippen molar-refractivity contribution >= 4 is 46.8 Å². The minimum atomic E-state index is -1.73. The summed E-state index contributed by atoms with van der Waals surface area (Å²) >= 11 is 17.0. The number of benzene rings is 1. The second kappa shape index (κ2) is 9.53. The number of para-hydroxylation sites is 1. The number of alkyl halides is 3. The molecule has 1 aliphatic rings. The number of urea groups is 1. The van der Waals surface area contributed by atoms with Gasteiger partial charge in [0.25, 0.3) is 0 Å². The Bertz CT molecular complexity index is 732. The summed E-state index contributed by atoms with van der Waals surface area (Å²) in [5.74, 6) is -0.114. The van der Waals surface area contributed by atoms with Gasteiger partial charge in [0.2, 0.25) is 3.79 Å². The lowest BCUT2D eigenvalue weighted by atomic mass is 9.95. The van der Waals surface area contributed by atoms with E-state index in [2.05, 4.69) is 17.6 Å². The number of carbonyl (C=O) groups is 2. The van der Waals surface area contributed by atoms with Crippen LogP contribution in [0, 0.1) is 0 Å². The summed E-state index contributed by atoms with van der Waals surface area (Å²) in [6.07, 6.45) is 1.87. The van der Waals surface area contributed by atoms with Crippen LogP contribution in [-0.4, -0.2) is 29.0 Å². The van der Waals surface area contributed by atoms with Gasteiger partial charge in [-0.2, -0.15) is 0 Å². The van der Waals surface area contributed by atoms with Gasteiger partial charge in [0.05, 0.1) is 18.2 Å². The Morgan fingerprint density at radius 3 is 2.63 bits per heavy atom. The molecule has 1 heterocycles. The van der Waals surface area contributed by atoms with Crippen LogP contribution in [0.3, 0.4) is 0 Å². The minimum absolute atomic E-state index is 0.218. The van der Waals surface area contributed by atoms with Gasteiger partial charge in [-0.25, -0.2) is 9.59 Å². The molecular formula is C18H21Cl3N2O4. The summed E-state index contributed by atoms with van der Waals surface area (Å²) in [5, 5.41) is 5.30. The maximum atomic E-state index is 12.6. The van der Waals surface area contributed by atoms with E-state index < -0.39 is 28.4 Å². The highest BCUT2D eigenvalue weighted by molar-refractivity contribution is 6.67. The number of unbranched alkanes of at least 4 members (excludes halogenated alkanes) is 1. The molecule has 0 unspecified atom stereocenters. The SMILES string of the molecule is CCCCOc1ccccc1[C@H]1NC(=O)NC(C)=C1C(=O)OCC(Cl)(Cl)Cl. The first kappa shape index (κ1) is 21.7. The molecule has 0 aliphatic carbocycles. The summed E-state index contributed by atoms with van der Waals surface area (Å²) in [5.41, 5.74) is 1.22. The predicted octanol–water partition coefficient (Wildman–Crippen LogP) is 4.41. The van der Waals surface area contributed by atoms with Gasteiger partial charge in [0.15, 0.2) is 0 Å². The molecule has 27 heavy (non-hydrogen) atoms. The largest absolute Gasteiger partial charge is 0.493 e. The third kappa shape index (κ3) is 6.19. The van der Waals surface area contributed by atoms with Crippen molar-refractivity contribution in [2.24, 2.45) is 0 Å². The van der Waals surface area contributed by atoms with Gasteiger partial charge in [-0.15, -0.1) is 0 Å². The standard InChI is InChI=1S/C18H21Cl3N2O4/c1-3-4-9-26-13-8-6-5-7-12(13)15-14(11(2)22-17(25)23-15)16(24)27-10-18(19,20)21/h5-8,15H,3-4,9-10H2,1-2H3,(H2,22,23,25)/t15-/m1/s1. The number of hydrogen-bond acceptors (Lipinski definition) is 4. The Morgan fingerprint density at radius 2 is 1.96 bits per heavy atom. The molecule has 9 heteroatoms. The molecule has 2 rings (SSSR count). The smallest absolute Gasteiger partial charge is 0.338 e. The quantitative estimate of drug-likeness (QED) is 0.378. The number of esters is 1. The first-order valence-electron chi connectivity index (χ1n) is 8.46. The highest BCUT2D eigenvalue weighted by Crippen LogP contribution is 2.34. The normalized spacial score (nSPS) is 17.2. The van der Waals surface area contributed by atoms with Gasteiger partial charge in [-0.3, -0.25) is 0 Å². The lowest BCUT2D eigenvalue weighted by molar-refractivity contribution is -0.139. The number of carbonyl (C=O) groups excluding carboxylic acids is 2. The van der Waals surface area contributed by atoms with E-state index in [9.17, 15) is 9.59 Å². The highest BCUT2D eigenvalue weighted by Gasteiger charge is 2.35. The van der Waals surface area contributed by atoms with E-state index in [0.717, 1.165) is 12.8 Å². The first-order valence-corrected chi connectivity index (χ1v) is 9.60. The van der Waals surface area contributed by atoms with Gasteiger partial charge < -0.3 is 20.1 Å². The van der Waals surface area contributed by atoms with Crippen molar-refractivity contribution in [1.82, 2.24) is 10.6 Å². The zero-order chi connectivity index (χ0) is 20.0. The molecule has 0 saturated carbocycles. The third-order valence-electron chi connectivity index (χ3n) is 3.84. The Hall–Kier alpha value is -1.63. The van der Waals surface area contributed by atoms with Crippen LogP contribution in [0.1, 0.15) is 38.3 Å². The Kier molecular flexibility index (Phi) is 7.65. The number of rotatable bonds is 7. The fourth-order valence-corrected chi connectivity index (χ4v) is 2.76. The Balaban J connectivity index is 2.34. The molecule has 0 aromatic heterocycles. The van der Waals surface area contributed by atoms with Crippen molar-refractivity contribution in [2.75, 3.05) is 13.2 Å². The minimum Gasteiger partial charge on any atom is -0.493 e. The summed E-state index contributed by atoms with van der Waals surface area (Å²) in [7, 11) is 0. The zero-order valence-electron chi connectivity index (χ0n) is 15.0. The van der Waals surface area contributed by atoms with Gasteiger partial charge in [-0.1, -0.05) is 66.3 Å². The molecule has 0 radical (unpaired) electrons. The number of nitrogens with one attached hydrogen (secondary N) is 2. The third-order valence-corrected chi connectivity index (χ3v) is 4.17. The van der Waals surface area contributed by atoms with Crippen molar-refractivity contribution in [1.29, 1.82) is 0 Å². The summed E-state index contributed by atoms with van der Waals surface area (Å²) in [4.78, 5) is 24.6. The zero-order valence-corrected chi connectivity index (χ0v) is 17.2. The van der Waals surface area contributed by atoms with Crippen LogP contribution in [0.25, 0.3) is 0 Å². The lowest BCUT2D eigenvalue weighted by Crippen LogP contribution is -2.45. The van der Waals surface area contributed by atoms with Crippen LogP contribution in [0.2, 0.25) is 0 Å². The van der Waals surface area contributed by atoms with Gasteiger partial charge >= 0.3 is 12.0 Å².